The molecular weight excluding hydrogens is 218 g/mol. The number of nitrogens with one attached hydrogen (secondary N) is 1. The van der Waals surface area contributed by atoms with Crippen LogP contribution in [-0.4, -0.2) is 12.1 Å². The van der Waals surface area contributed by atoms with Crippen LogP contribution in [0.3, 0.4) is 0 Å². The molecule has 0 heterocycles. The average molecular weight is 251 g/mol. The molecule has 2 aliphatic carbocycles. The number of hydrogen-bond acceptors (Lipinski definition) is 1. The summed E-state index contributed by atoms with van der Waals surface area (Å²) in [6, 6.07) is 1.64. The van der Waals surface area contributed by atoms with Crippen molar-refractivity contribution in [1.29, 1.82) is 0 Å². The topological polar surface area (TPSA) is 12.0 Å². The molecule has 1 nitrogen and oxygen atoms in total. The maximum absolute atomic E-state index is 3.98. The molecule has 106 valence electrons. The quantitative estimate of drug-likeness (QED) is 0.634. The van der Waals surface area contributed by atoms with E-state index in [1.807, 2.05) is 0 Å². The fourth-order valence-electron chi connectivity index (χ4n) is 3.68. The van der Waals surface area contributed by atoms with Gasteiger partial charge in [0.05, 0.1) is 0 Å². The summed E-state index contributed by atoms with van der Waals surface area (Å²) >= 11 is 0. The first-order valence-corrected chi connectivity index (χ1v) is 8.57. The van der Waals surface area contributed by atoms with Crippen LogP contribution in [0.4, 0.5) is 0 Å². The summed E-state index contributed by atoms with van der Waals surface area (Å²) in [5.74, 6) is 2.10. The van der Waals surface area contributed by atoms with Gasteiger partial charge in [-0.25, -0.2) is 0 Å². The summed E-state index contributed by atoms with van der Waals surface area (Å²) in [4.78, 5) is 0. The molecule has 2 fully saturated rings. The minimum absolute atomic E-state index is 0.810. The Morgan fingerprint density at radius 2 is 1.72 bits per heavy atom. The Hall–Kier alpha value is -0.0400. The third-order valence-corrected chi connectivity index (χ3v) is 5.06. The molecule has 0 radical (unpaired) electrons. The monoisotopic (exact) mass is 251 g/mol. The molecule has 0 aromatic heterocycles. The van der Waals surface area contributed by atoms with Gasteiger partial charge in [0.1, 0.15) is 0 Å². The van der Waals surface area contributed by atoms with Crippen LogP contribution in [0.15, 0.2) is 0 Å². The van der Waals surface area contributed by atoms with E-state index in [-0.39, 0.29) is 0 Å². The Bertz CT molecular complexity index is 222. The highest BCUT2D eigenvalue weighted by atomic mass is 14.9. The second-order valence-corrected chi connectivity index (χ2v) is 6.81. The molecule has 0 bridgehead atoms. The maximum Gasteiger partial charge on any atom is 0.00697 e. The first-order valence-electron chi connectivity index (χ1n) is 8.57. The summed E-state index contributed by atoms with van der Waals surface area (Å²) in [5, 5.41) is 3.98. The minimum Gasteiger partial charge on any atom is -0.311 e. The molecule has 1 heteroatoms. The summed E-state index contributed by atoms with van der Waals surface area (Å²) in [7, 11) is 0. The van der Waals surface area contributed by atoms with Gasteiger partial charge in [-0.3, -0.25) is 0 Å². The third-order valence-electron chi connectivity index (χ3n) is 5.06. The van der Waals surface area contributed by atoms with E-state index in [1.165, 1.54) is 70.6 Å². The van der Waals surface area contributed by atoms with Gasteiger partial charge < -0.3 is 5.32 Å². The lowest BCUT2D eigenvalue weighted by Gasteiger charge is -2.24. The zero-order valence-corrected chi connectivity index (χ0v) is 12.6. The van der Waals surface area contributed by atoms with E-state index in [0.717, 1.165) is 23.9 Å². The van der Waals surface area contributed by atoms with Crippen molar-refractivity contribution < 1.29 is 0 Å². The molecule has 0 saturated heterocycles. The first kappa shape index (κ1) is 14.4. The first-order chi connectivity index (χ1) is 8.81. The molecule has 3 unspecified atom stereocenters. The van der Waals surface area contributed by atoms with Crippen molar-refractivity contribution in [2.45, 2.75) is 96.6 Å². The highest BCUT2D eigenvalue weighted by Gasteiger charge is 2.26. The van der Waals surface area contributed by atoms with Crippen molar-refractivity contribution in [1.82, 2.24) is 5.32 Å². The van der Waals surface area contributed by atoms with E-state index in [9.17, 15) is 0 Å². The van der Waals surface area contributed by atoms with E-state index in [1.54, 1.807) is 0 Å². The Balaban J connectivity index is 1.70. The zero-order valence-electron chi connectivity index (χ0n) is 12.6. The highest BCUT2D eigenvalue weighted by molar-refractivity contribution is 4.83. The molecule has 0 aromatic carbocycles. The normalized spacial score (nSPS) is 31.0. The third kappa shape index (κ3) is 4.91. The van der Waals surface area contributed by atoms with Gasteiger partial charge in [-0.15, -0.1) is 0 Å². The molecule has 2 rings (SSSR count). The Morgan fingerprint density at radius 3 is 2.39 bits per heavy atom. The van der Waals surface area contributed by atoms with E-state index in [4.69, 9.17) is 0 Å². The fraction of sp³-hybridized carbons (Fsp3) is 1.00. The summed E-state index contributed by atoms with van der Waals surface area (Å²) in [5.41, 5.74) is 0. The van der Waals surface area contributed by atoms with Gasteiger partial charge in [0.2, 0.25) is 0 Å². The van der Waals surface area contributed by atoms with Gasteiger partial charge in [-0.05, 0) is 43.9 Å². The largest absolute Gasteiger partial charge is 0.311 e. The minimum atomic E-state index is 0.810. The van der Waals surface area contributed by atoms with Crippen molar-refractivity contribution in [2.75, 3.05) is 0 Å². The summed E-state index contributed by atoms with van der Waals surface area (Å²) in [6.07, 6.45) is 15.9. The van der Waals surface area contributed by atoms with Crippen LogP contribution >= 0.6 is 0 Å². The fourth-order valence-corrected chi connectivity index (χ4v) is 3.68. The lowest BCUT2D eigenvalue weighted by molar-refractivity contribution is 0.353. The molecule has 0 aromatic rings. The van der Waals surface area contributed by atoms with Gasteiger partial charge in [-0.1, -0.05) is 52.4 Å². The molecular formula is C17H33N. The number of rotatable bonds is 7. The van der Waals surface area contributed by atoms with Gasteiger partial charge >= 0.3 is 0 Å². The maximum atomic E-state index is 3.98. The van der Waals surface area contributed by atoms with Crippen LogP contribution in [-0.2, 0) is 0 Å². The smallest absolute Gasteiger partial charge is 0.00697 e. The molecule has 0 aliphatic heterocycles. The second kappa shape index (κ2) is 7.53. The lowest BCUT2D eigenvalue weighted by atomic mass is 9.95. The van der Waals surface area contributed by atoms with Gasteiger partial charge in [0, 0.05) is 12.1 Å². The van der Waals surface area contributed by atoms with Gasteiger partial charge in [0.25, 0.3) is 0 Å². The highest BCUT2D eigenvalue weighted by Crippen LogP contribution is 2.34. The molecule has 2 aliphatic rings. The van der Waals surface area contributed by atoms with E-state index in [2.05, 4.69) is 19.2 Å². The lowest BCUT2D eigenvalue weighted by Crippen LogP contribution is -2.38. The molecule has 3 atom stereocenters. The molecule has 0 amide bonds. The van der Waals surface area contributed by atoms with Crippen molar-refractivity contribution in [2.24, 2.45) is 11.8 Å². The van der Waals surface area contributed by atoms with Crippen molar-refractivity contribution in [3.8, 4) is 0 Å². The standard InChI is InChI=1S/C17H33N/c1-3-6-14-7-5-8-17(12-11-14)18-16(4-2)13-15-9-10-15/h14-18H,3-13H2,1-2H3. The average Bonchev–Trinajstić information content (AvgIpc) is 3.18. The van der Waals surface area contributed by atoms with Crippen LogP contribution in [0, 0.1) is 11.8 Å². The van der Waals surface area contributed by atoms with Crippen molar-refractivity contribution in [3.05, 3.63) is 0 Å². The number of hydrogen-bond donors (Lipinski definition) is 1. The van der Waals surface area contributed by atoms with Crippen LogP contribution in [0.2, 0.25) is 0 Å². The van der Waals surface area contributed by atoms with Crippen molar-refractivity contribution >= 4 is 0 Å². The second-order valence-electron chi connectivity index (χ2n) is 6.81. The van der Waals surface area contributed by atoms with E-state index >= 15 is 0 Å². The van der Waals surface area contributed by atoms with Crippen molar-refractivity contribution in [3.63, 3.8) is 0 Å². The Morgan fingerprint density at radius 1 is 0.944 bits per heavy atom. The molecule has 18 heavy (non-hydrogen) atoms. The molecule has 2 saturated carbocycles. The van der Waals surface area contributed by atoms with Gasteiger partial charge in [-0.2, -0.15) is 0 Å². The van der Waals surface area contributed by atoms with E-state index in [0.29, 0.717) is 0 Å². The van der Waals surface area contributed by atoms with Crippen LogP contribution in [0.25, 0.3) is 0 Å². The Kier molecular flexibility index (Phi) is 6.01. The van der Waals surface area contributed by atoms with Crippen LogP contribution < -0.4 is 5.32 Å². The predicted molar refractivity (Wildman–Crippen MR) is 79.8 cm³/mol. The van der Waals surface area contributed by atoms with Crippen LogP contribution in [0.5, 0.6) is 0 Å². The SMILES string of the molecule is CCCC1CCCC(NC(CC)CC2CC2)CC1. The van der Waals surface area contributed by atoms with E-state index < -0.39 is 0 Å². The van der Waals surface area contributed by atoms with Gasteiger partial charge in [0.15, 0.2) is 0 Å². The van der Waals surface area contributed by atoms with Crippen LogP contribution in [0.1, 0.15) is 84.5 Å². The summed E-state index contributed by atoms with van der Waals surface area (Å²) in [6.45, 7) is 4.69. The summed E-state index contributed by atoms with van der Waals surface area (Å²) < 4.78 is 0. The Labute approximate surface area is 114 Å². The molecule has 1 N–H and O–H groups in total. The predicted octanol–water partition coefficient (Wildman–Crippen LogP) is 4.90. The zero-order chi connectivity index (χ0) is 12.8. The molecule has 0 spiro atoms.